The highest BCUT2D eigenvalue weighted by Gasteiger charge is 2.14. The second-order valence-electron chi connectivity index (χ2n) is 4.34. The maximum atomic E-state index is 11.7. The maximum absolute atomic E-state index is 11.7. The number of hydrogen-bond acceptors (Lipinski definition) is 2. The molecule has 0 amide bonds. The van der Waals surface area contributed by atoms with Crippen LogP contribution in [-0.2, 0) is 10.8 Å². The summed E-state index contributed by atoms with van der Waals surface area (Å²) in [5, 5.41) is 0.313. The summed E-state index contributed by atoms with van der Waals surface area (Å²) in [6.07, 6.45) is 3.03. The van der Waals surface area contributed by atoms with Gasteiger partial charge in [0.15, 0.2) is 0 Å². The molecule has 0 aliphatic rings. The van der Waals surface area contributed by atoms with Gasteiger partial charge in [-0.2, -0.15) is 0 Å². The quantitative estimate of drug-likeness (QED) is 0.714. The first kappa shape index (κ1) is 14.1. The van der Waals surface area contributed by atoms with Crippen LogP contribution in [0.5, 0.6) is 0 Å². The first-order valence-electron chi connectivity index (χ1n) is 5.61. The van der Waals surface area contributed by atoms with E-state index in [2.05, 4.69) is 27.7 Å². The van der Waals surface area contributed by atoms with Gasteiger partial charge in [-0.1, -0.05) is 27.7 Å². The fourth-order valence-electron chi connectivity index (χ4n) is 1.18. The molecule has 3 unspecified atom stereocenters. The van der Waals surface area contributed by atoms with Crippen LogP contribution in [0.2, 0.25) is 0 Å². The van der Waals surface area contributed by atoms with Gasteiger partial charge in [-0.05, 0) is 25.2 Å². The molecule has 0 saturated carbocycles. The van der Waals surface area contributed by atoms with Crippen molar-refractivity contribution >= 4 is 10.8 Å². The molecule has 0 rings (SSSR count). The van der Waals surface area contributed by atoms with Crippen molar-refractivity contribution in [3.8, 4) is 0 Å². The van der Waals surface area contributed by atoms with E-state index < -0.39 is 10.8 Å². The van der Waals surface area contributed by atoms with Crippen LogP contribution in [0.15, 0.2) is 0 Å². The van der Waals surface area contributed by atoms with Gasteiger partial charge in [0.2, 0.25) is 0 Å². The molecular formula is C11H25NOS. The molecule has 3 atom stereocenters. The Labute approximate surface area is 91.1 Å². The van der Waals surface area contributed by atoms with Crippen LogP contribution in [0, 0.1) is 5.92 Å². The van der Waals surface area contributed by atoms with Gasteiger partial charge in [-0.25, -0.2) is 0 Å². The zero-order valence-electron chi connectivity index (χ0n) is 9.95. The van der Waals surface area contributed by atoms with Crippen molar-refractivity contribution in [3.63, 3.8) is 0 Å². The largest absolute Gasteiger partial charge is 0.328 e. The lowest BCUT2D eigenvalue weighted by molar-refractivity contribution is 0.577. The van der Waals surface area contributed by atoms with Crippen LogP contribution in [0.1, 0.15) is 47.0 Å². The molecule has 3 heteroatoms. The summed E-state index contributed by atoms with van der Waals surface area (Å²) in [5.74, 6) is 1.32. The molecule has 0 spiro atoms. The van der Waals surface area contributed by atoms with Gasteiger partial charge in [0.25, 0.3) is 0 Å². The summed E-state index contributed by atoms with van der Waals surface area (Å²) in [4.78, 5) is 0. The summed E-state index contributed by atoms with van der Waals surface area (Å²) >= 11 is 0. The third kappa shape index (κ3) is 5.76. The summed E-state index contributed by atoms with van der Waals surface area (Å²) < 4.78 is 11.7. The Balaban J connectivity index is 3.64. The average Bonchev–Trinajstić information content (AvgIpc) is 2.15. The van der Waals surface area contributed by atoms with Crippen molar-refractivity contribution in [2.75, 3.05) is 5.75 Å². The van der Waals surface area contributed by atoms with Crippen LogP contribution in [-0.4, -0.2) is 21.3 Å². The lowest BCUT2D eigenvalue weighted by Gasteiger charge is -2.15. The topological polar surface area (TPSA) is 43.1 Å². The zero-order valence-corrected chi connectivity index (χ0v) is 10.8. The van der Waals surface area contributed by atoms with E-state index >= 15 is 0 Å². The summed E-state index contributed by atoms with van der Waals surface area (Å²) in [6, 6.07) is 0.293. The molecule has 0 aromatic carbocycles. The van der Waals surface area contributed by atoms with Crippen molar-refractivity contribution in [3.05, 3.63) is 0 Å². The van der Waals surface area contributed by atoms with E-state index in [-0.39, 0.29) is 0 Å². The Bertz CT molecular complexity index is 171. The molecule has 86 valence electrons. The predicted molar refractivity (Wildman–Crippen MR) is 64.8 cm³/mol. The first-order valence-corrected chi connectivity index (χ1v) is 7.00. The van der Waals surface area contributed by atoms with E-state index in [0.29, 0.717) is 17.2 Å². The van der Waals surface area contributed by atoms with Crippen LogP contribution in [0.3, 0.4) is 0 Å². The van der Waals surface area contributed by atoms with E-state index in [4.69, 9.17) is 5.73 Å². The fraction of sp³-hybridized carbons (Fsp3) is 1.00. The molecule has 2 nitrogen and oxygen atoms in total. The van der Waals surface area contributed by atoms with Crippen LogP contribution in [0.4, 0.5) is 0 Å². The highest BCUT2D eigenvalue weighted by atomic mass is 32.2. The molecular weight excluding hydrogens is 194 g/mol. The van der Waals surface area contributed by atoms with E-state index in [0.717, 1.165) is 25.0 Å². The van der Waals surface area contributed by atoms with E-state index in [1.807, 2.05) is 0 Å². The second-order valence-corrected chi connectivity index (χ2v) is 6.26. The molecule has 0 radical (unpaired) electrons. The monoisotopic (exact) mass is 219 g/mol. The van der Waals surface area contributed by atoms with Crippen molar-refractivity contribution in [2.45, 2.75) is 58.2 Å². The van der Waals surface area contributed by atoms with Gasteiger partial charge in [0.05, 0.1) is 0 Å². The van der Waals surface area contributed by atoms with Gasteiger partial charge in [0, 0.05) is 27.8 Å². The molecule has 0 aliphatic heterocycles. The van der Waals surface area contributed by atoms with Crippen molar-refractivity contribution in [2.24, 2.45) is 11.7 Å². The Morgan fingerprint density at radius 1 is 1.29 bits per heavy atom. The normalized spacial score (nSPS) is 18.1. The standard InChI is InChI=1S/C11H25NOS/c1-5-11(12)7-6-8-14(13)10(4)9(2)3/h9-11H,5-8,12H2,1-4H3. The number of nitrogens with two attached hydrogens (primary N) is 1. The minimum atomic E-state index is -0.669. The summed E-state index contributed by atoms with van der Waals surface area (Å²) in [7, 11) is -0.669. The zero-order chi connectivity index (χ0) is 11.1. The highest BCUT2D eigenvalue weighted by molar-refractivity contribution is 7.85. The molecule has 0 fully saturated rings. The van der Waals surface area contributed by atoms with Crippen LogP contribution >= 0.6 is 0 Å². The van der Waals surface area contributed by atoms with Gasteiger partial charge in [-0.15, -0.1) is 0 Å². The fourth-order valence-corrected chi connectivity index (χ4v) is 2.61. The molecule has 0 aromatic heterocycles. The van der Waals surface area contributed by atoms with Crippen molar-refractivity contribution < 1.29 is 4.21 Å². The number of hydrogen-bond donors (Lipinski definition) is 1. The lowest BCUT2D eigenvalue weighted by Crippen LogP contribution is -2.22. The molecule has 0 heterocycles. The molecule has 2 N–H and O–H groups in total. The molecule has 0 aliphatic carbocycles. The van der Waals surface area contributed by atoms with Crippen molar-refractivity contribution in [1.29, 1.82) is 0 Å². The smallest absolute Gasteiger partial charge is 0.0342 e. The van der Waals surface area contributed by atoms with Crippen LogP contribution < -0.4 is 5.73 Å². The van der Waals surface area contributed by atoms with Gasteiger partial charge < -0.3 is 5.73 Å². The third-order valence-corrected chi connectivity index (χ3v) is 4.86. The van der Waals surface area contributed by atoms with Gasteiger partial charge in [0.1, 0.15) is 0 Å². The Morgan fingerprint density at radius 2 is 1.86 bits per heavy atom. The van der Waals surface area contributed by atoms with E-state index in [1.165, 1.54) is 0 Å². The summed E-state index contributed by atoms with van der Waals surface area (Å²) in [6.45, 7) is 8.42. The summed E-state index contributed by atoms with van der Waals surface area (Å²) in [5.41, 5.74) is 5.80. The molecule has 0 bridgehead atoms. The average molecular weight is 219 g/mol. The first-order chi connectivity index (χ1) is 6.49. The highest BCUT2D eigenvalue weighted by Crippen LogP contribution is 2.10. The number of rotatable bonds is 7. The maximum Gasteiger partial charge on any atom is 0.0342 e. The Hall–Kier alpha value is 0.110. The minimum absolute atomic E-state index is 0.293. The SMILES string of the molecule is CCC(N)CCCS(=O)C(C)C(C)C. The van der Waals surface area contributed by atoms with Crippen LogP contribution in [0.25, 0.3) is 0 Å². The molecule has 14 heavy (non-hydrogen) atoms. The van der Waals surface area contributed by atoms with E-state index in [1.54, 1.807) is 0 Å². The minimum Gasteiger partial charge on any atom is -0.328 e. The lowest BCUT2D eigenvalue weighted by atomic mass is 10.1. The Morgan fingerprint density at radius 3 is 2.29 bits per heavy atom. The van der Waals surface area contributed by atoms with Gasteiger partial charge >= 0.3 is 0 Å². The third-order valence-electron chi connectivity index (χ3n) is 2.80. The second kappa shape index (κ2) is 7.41. The van der Waals surface area contributed by atoms with E-state index in [9.17, 15) is 4.21 Å². The molecule has 0 saturated heterocycles. The Kier molecular flexibility index (Phi) is 7.47. The van der Waals surface area contributed by atoms with Gasteiger partial charge in [-0.3, -0.25) is 4.21 Å². The molecule has 0 aromatic rings. The van der Waals surface area contributed by atoms with Crippen molar-refractivity contribution in [1.82, 2.24) is 0 Å². The predicted octanol–water partition coefficient (Wildman–Crippen LogP) is 2.30.